The van der Waals surface area contributed by atoms with Crippen molar-refractivity contribution in [3.63, 3.8) is 0 Å². The van der Waals surface area contributed by atoms with Crippen LogP contribution in [0.4, 0.5) is 4.39 Å². The monoisotopic (exact) mass is 510 g/mol. The van der Waals surface area contributed by atoms with Gasteiger partial charge in [0, 0.05) is 42.5 Å². The molecule has 190 valence electrons. The van der Waals surface area contributed by atoms with Gasteiger partial charge in [0.25, 0.3) is 11.8 Å². The van der Waals surface area contributed by atoms with Crippen molar-refractivity contribution >= 4 is 39.4 Å². The summed E-state index contributed by atoms with van der Waals surface area (Å²) < 4.78 is 14.4. The summed E-state index contributed by atoms with van der Waals surface area (Å²) in [5.74, 6) is -1.19. The van der Waals surface area contributed by atoms with Gasteiger partial charge in [0.2, 0.25) is 0 Å². The fourth-order valence-electron chi connectivity index (χ4n) is 4.79. The average Bonchev–Trinajstić information content (AvgIpc) is 3.55. The molecule has 1 saturated heterocycles. The van der Waals surface area contributed by atoms with E-state index in [2.05, 4.69) is 15.3 Å². The van der Waals surface area contributed by atoms with Crippen LogP contribution < -0.4 is 0 Å². The SMILES string of the molecule is O=C(CN1CCN(C(=O)c2nn(C(=O)c3n[nH]c4ccccc34)c3ccccc23)CC1)c1ccc(F)cc1. The highest BCUT2D eigenvalue weighted by atomic mass is 19.1. The Kier molecular flexibility index (Phi) is 6.01. The molecule has 1 aliphatic heterocycles. The Balaban J connectivity index is 1.20. The van der Waals surface area contributed by atoms with E-state index in [4.69, 9.17) is 0 Å². The predicted molar refractivity (Wildman–Crippen MR) is 139 cm³/mol. The summed E-state index contributed by atoms with van der Waals surface area (Å²) in [6.45, 7) is 2.03. The first-order chi connectivity index (χ1) is 18.5. The molecule has 38 heavy (non-hydrogen) atoms. The third-order valence-corrected chi connectivity index (χ3v) is 6.85. The van der Waals surface area contributed by atoms with Gasteiger partial charge < -0.3 is 4.90 Å². The van der Waals surface area contributed by atoms with Crippen LogP contribution in [0.15, 0.2) is 72.8 Å². The molecule has 3 aromatic carbocycles. The zero-order valence-electron chi connectivity index (χ0n) is 20.3. The zero-order chi connectivity index (χ0) is 26.2. The van der Waals surface area contributed by atoms with E-state index in [9.17, 15) is 18.8 Å². The molecule has 9 nitrogen and oxygen atoms in total. The summed E-state index contributed by atoms with van der Waals surface area (Å²) in [5.41, 5.74) is 2.14. The van der Waals surface area contributed by atoms with Gasteiger partial charge in [0.15, 0.2) is 17.2 Å². The maximum absolute atomic E-state index is 13.5. The maximum atomic E-state index is 13.5. The number of aromatic amines is 1. The van der Waals surface area contributed by atoms with Gasteiger partial charge >= 0.3 is 0 Å². The fraction of sp³-hybridized carbons (Fsp3) is 0.179. The number of ketones is 1. The number of fused-ring (bicyclic) bond motifs is 2. The number of nitrogens with zero attached hydrogens (tertiary/aromatic N) is 5. The standard InChI is InChI=1S/C28H23FN6O3/c29-19-11-9-18(10-12-19)24(36)17-33-13-15-34(16-14-33)27(37)26-21-6-2-4-8-23(21)35(32-26)28(38)25-20-5-1-3-7-22(20)30-31-25/h1-12H,13-17H2,(H,30,31). The van der Waals surface area contributed by atoms with E-state index >= 15 is 0 Å². The second kappa shape index (κ2) is 9.64. The molecule has 0 spiro atoms. The summed E-state index contributed by atoms with van der Waals surface area (Å²) in [5, 5.41) is 12.8. The normalized spacial score (nSPS) is 14.3. The average molecular weight is 511 g/mol. The van der Waals surface area contributed by atoms with Crippen molar-refractivity contribution in [1.82, 2.24) is 29.8 Å². The first kappa shape index (κ1) is 23.7. The summed E-state index contributed by atoms with van der Waals surface area (Å²) in [4.78, 5) is 43.2. The van der Waals surface area contributed by atoms with E-state index in [0.29, 0.717) is 48.0 Å². The Bertz CT molecular complexity index is 1680. The van der Waals surface area contributed by atoms with Crippen molar-refractivity contribution in [2.45, 2.75) is 0 Å². The van der Waals surface area contributed by atoms with Crippen LogP contribution in [0.5, 0.6) is 0 Å². The van der Waals surface area contributed by atoms with Crippen molar-refractivity contribution in [3.05, 3.63) is 95.6 Å². The quantitative estimate of drug-likeness (QED) is 0.364. The van der Waals surface area contributed by atoms with Gasteiger partial charge in [-0.3, -0.25) is 24.4 Å². The molecule has 0 bridgehead atoms. The second-order valence-electron chi connectivity index (χ2n) is 9.20. The smallest absolute Gasteiger partial charge is 0.299 e. The molecule has 0 radical (unpaired) electrons. The summed E-state index contributed by atoms with van der Waals surface area (Å²) in [6.07, 6.45) is 0. The number of Topliss-reactive ketones (excluding diaryl/α,β-unsaturated/α-hetero) is 1. The first-order valence-electron chi connectivity index (χ1n) is 12.3. The van der Waals surface area contributed by atoms with Crippen molar-refractivity contribution in [2.75, 3.05) is 32.7 Å². The van der Waals surface area contributed by atoms with Gasteiger partial charge in [-0.2, -0.15) is 14.9 Å². The van der Waals surface area contributed by atoms with E-state index in [0.717, 1.165) is 5.52 Å². The van der Waals surface area contributed by atoms with E-state index in [1.807, 2.05) is 29.2 Å². The molecule has 0 unspecified atom stereocenters. The Hall–Kier alpha value is -4.70. The fourth-order valence-corrected chi connectivity index (χ4v) is 4.79. The minimum Gasteiger partial charge on any atom is -0.335 e. The van der Waals surface area contributed by atoms with E-state index in [1.54, 1.807) is 29.2 Å². The number of carbonyl (C=O) groups is 3. The van der Waals surface area contributed by atoms with Crippen LogP contribution in [0.3, 0.4) is 0 Å². The number of aromatic nitrogens is 4. The summed E-state index contributed by atoms with van der Waals surface area (Å²) in [6, 6.07) is 20.0. The van der Waals surface area contributed by atoms with Crippen LogP contribution in [-0.2, 0) is 0 Å². The van der Waals surface area contributed by atoms with Crippen molar-refractivity contribution in [1.29, 1.82) is 0 Å². The van der Waals surface area contributed by atoms with E-state index < -0.39 is 5.91 Å². The molecule has 0 aliphatic carbocycles. The van der Waals surface area contributed by atoms with Crippen LogP contribution in [0.1, 0.15) is 31.3 Å². The van der Waals surface area contributed by atoms with Crippen LogP contribution in [-0.4, -0.2) is 80.1 Å². The molecule has 5 aromatic rings. The number of H-pyrrole nitrogens is 1. The number of carbonyl (C=O) groups excluding carboxylic acids is 3. The molecule has 10 heteroatoms. The van der Waals surface area contributed by atoms with Gasteiger partial charge in [-0.15, -0.1) is 0 Å². The van der Waals surface area contributed by atoms with Crippen LogP contribution >= 0.6 is 0 Å². The highest BCUT2D eigenvalue weighted by Crippen LogP contribution is 2.23. The van der Waals surface area contributed by atoms with E-state index in [1.165, 1.54) is 28.9 Å². The molecule has 0 saturated carbocycles. The second-order valence-corrected chi connectivity index (χ2v) is 9.20. The van der Waals surface area contributed by atoms with Gasteiger partial charge in [-0.1, -0.05) is 36.4 Å². The topological polar surface area (TPSA) is 104 Å². The number of hydrogen-bond acceptors (Lipinski definition) is 6. The third kappa shape index (κ3) is 4.24. The first-order valence-corrected chi connectivity index (χ1v) is 12.3. The molecule has 1 fully saturated rings. The lowest BCUT2D eigenvalue weighted by atomic mass is 10.1. The third-order valence-electron chi connectivity index (χ3n) is 6.85. The molecular weight excluding hydrogens is 487 g/mol. The minimum atomic E-state index is -0.429. The number of hydrogen-bond donors (Lipinski definition) is 1. The highest BCUT2D eigenvalue weighted by molar-refractivity contribution is 6.11. The van der Waals surface area contributed by atoms with Crippen LogP contribution in [0, 0.1) is 5.82 Å². The summed E-state index contributed by atoms with van der Waals surface area (Å²) >= 11 is 0. The molecule has 2 aromatic heterocycles. The number of rotatable bonds is 5. The largest absolute Gasteiger partial charge is 0.335 e. The van der Waals surface area contributed by atoms with Crippen LogP contribution in [0.2, 0.25) is 0 Å². The minimum absolute atomic E-state index is 0.0982. The lowest BCUT2D eigenvalue weighted by molar-refractivity contribution is 0.0620. The Labute approximate surface area is 216 Å². The Morgan fingerprint density at radius 2 is 1.47 bits per heavy atom. The maximum Gasteiger partial charge on any atom is 0.299 e. The van der Waals surface area contributed by atoms with Gasteiger partial charge in [0.1, 0.15) is 5.82 Å². The van der Waals surface area contributed by atoms with Gasteiger partial charge in [-0.25, -0.2) is 4.39 Å². The molecule has 6 rings (SSSR count). The molecule has 1 aliphatic rings. The molecule has 1 amide bonds. The Morgan fingerprint density at radius 3 is 2.24 bits per heavy atom. The van der Waals surface area contributed by atoms with E-state index in [-0.39, 0.29) is 35.4 Å². The molecule has 1 N–H and O–H groups in total. The molecular formula is C28H23FN6O3. The highest BCUT2D eigenvalue weighted by Gasteiger charge is 2.29. The zero-order valence-corrected chi connectivity index (χ0v) is 20.3. The number of para-hydroxylation sites is 2. The van der Waals surface area contributed by atoms with Crippen molar-refractivity contribution < 1.29 is 18.8 Å². The summed E-state index contributed by atoms with van der Waals surface area (Å²) in [7, 11) is 0. The van der Waals surface area contributed by atoms with Crippen LogP contribution in [0.25, 0.3) is 21.8 Å². The lowest BCUT2D eigenvalue weighted by Gasteiger charge is -2.34. The number of piperazine rings is 1. The number of halogens is 1. The number of nitrogens with one attached hydrogen (secondary N) is 1. The molecule has 0 atom stereocenters. The Morgan fingerprint density at radius 1 is 0.789 bits per heavy atom. The number of amides is 1. The molecule has 3 heterocycles. The van der Waals surface area contributed by atoms with Crippen molar-refractivity contribution in [2.24, 2.45) is 0 Å². The van der Waals surface area contributed by atoms with Crippen molar-refractivity contribution in [3.8, 4) is 0 Å². The van der Waals surface area contributed by atoms with Gasteiger partial charge in [-0.05, 0) is 36.4 Å². The predicted octanol–water partition coefficient (Wildman–Crippen LogP) is 3.38. The lowest BCUT2D eigenvalue weighted by Crippen LogP contribution is -2.50. The van der Waals surface area contributed by atoms with Gasteiger partial charge in [0.05, 0.1) is 17.6 Å². The number of benzene rings is 3.